The van der Waals surface area contributed by atoms with E-state index in [-0.39, 0.29) is 13.0 Å². The average Bonchev–Trinajstić information content (AvgIpc) is 2.67. The van der Waals surface area contributed by atoms with Crippen molar-refractivity contribution in [1.82, 2.24) is 4.98 Å². The van der Waals surface area contributed by atoms with E-state index < -0.39 is 5.97 Å². The molecule has 2 N–H and O–H groups in total. The van der Waals surface area contributed by atoms with Gasteiger partial charge in [0.15, 0.2) is 11.3 Å². The zero-order chi connectivity index (χ0) is 19.7. The van der Waals surface area contributed by atoms with Crippen LogP contribution >= 0.6 is 0 Å². The van der Waals surface area contributed by atoms with Gasteiger partial charge in [0.1, 0.15) is 11.2 Å². The molecule has 0 bridgehead atoms. The zero-order valence-electron chi connectivity index (χ0n) is 15.8. The third-order valence-corrected chi connectivity index (χ3v) is 4.69. The number of benzene rings is 3. The number of nitrogens with zero attached hydrogens (tertiary/aromatic N) is 2. The third kappa shape index (κ3) is 3.29. The second-order valence-corrected chi connectivity index (χ2v) is 6.69. The summed E-state index contributed by atoms with van der Waals surface area (Å²) < 4.78 is 6.19. The maximum Gasteiger partial charge on any atom is 0.305 e. The van der Waals surface area contributed by atoms with Crippen LogP contribution in [0.25, 0.3) is 33.3 Å². The first-order chi connectivity index (χ1) is 13.6. The van der Waals surface area contributed by atoms with Gasteiger partial charge >= 0.3 is 5.97 Å². The first kappa shape index (κ1) is 18.0. The van der Waals surface area contributed by atoms with E-state index in [4.69, 9.17) is 14.5 Å². The molecule has 6 nitrogen and oxygen atoms in total. The summed E-state index contributed by atoms with van der Waals surface area (Å²) >= 11 is 0. The molecule has 1 aliphatic carbocycles. The van der Waals surface area contributed by atoms with Crippen LogP contribution < -0.4 is 10.7 Å². The van der Waals surface area contributed by atoms with Gasteiger partial charge in [-0.25, -0.2) is 4.98 Å². The SMILES string of the molecule is CCNc1cc2oc3cc(=NCCC(=O)O)c4ccccc4c-3nc2cc1C. The Kier molecular flexibility index (Phi) is 4.69. The summed E-state index contributed by atoms with van der Waals surface area (Å²) in [5.41, 5.74) is 4.40. The molecule has 0 aromatic heterocycles. The topological polar surface area (TPSA) is 87.7 Å². The Bertz CT molecular complexity index is 1230. The molecular formula is C22H21N3O3. The first-order valence-electron chi connectivity index (χ1n) is 9.30. The van der Waals surface area contributed by atoms with E-state index in [0.717, 1.165) is 39.8 Å². The molecule has 1 aliphatic heterocycles. The van der Waals surface area contributed by atoms with Crippen LogP contribution in [0, 0.1) is 6.92 Å². The number of fused-ring (bicyclic) bond motifs is 4. The molecular weight excluding hydrogens is 354 g/mol. The Labute approximate surface area is 161 Å². The Morgan fingerprint density at radius 3 is 2.75 bits per heavy atom. The fourth-order valence-corrected chi connectivity index (χ4v) is 3.37. The van der Waals surface area contributed by atoms with Gasteiger partial charge in [-0.05, 0) is 25.5 Å². The number of rotatable bonds is 5. The fourth-order valence-electron chi connectivity index (χ4n) is 3.37. The molecule has 0 radical (unpaired) electrons. The van der Waals surface area contributed by atoms with E-state index in [1.54, 1.807) is 0 Å². The smallest absolute Gasteiger partial charge is 0.305 e. The molecule has 0 amide bonds. The maximum absolute atomic E-state index is 10.8. The van der Waals surface area contributed by atoms with Crippen molar-refractivity contribution in [3.63, 3.8) is 0 Å². The maximum atomic E-state index is 10.8. The van der Waals surface area contributed by atoms with Gasteiger partial charge in [-0.1, -0.05) is 24.3 Å². The summed E-state index contributed by atoms with van der Waals surface area (Å²) in [7, 11) is 0. The van der Waals surface area contributed by atoms with Crippen LogP contribution in [0.15, 0.2) is 51.9 Å². The Balaban J connectivity index is 1.99. The molecule has 0 unspecified atom stereocenters. The fraction of sp³-hybridized carbons (Fsp3) is 0.227. The van der Waals surface area contributed by atoms with Gasteiger partial charge in [0.25, 0.3) is 0 Å². The molecule has 1 heterocycles. The lowest BCUT2D eigenvalue weighted by Gasteiger charge is -2.13. The number of aliphatic carboxylic acids is 1. The third-order valence-electron chi connectivity index (χ3n) is 4.69. The summed E-state index contributed by atoms with van der Waals surface area (Å²) in [6.45, 7) is 5.14. The molecule has 2 aromatic rings. The minimum absolute atomic E-state index is 0.00913. The standard InChI is InChI=1S/C22H21N3O3/c1-3-23-16-11-19-18(10-13(16)2)25-22-15-7-5-4-6-14(15)17(12-20(22)28-19)24-9-8-21(26)27/h4-7,10-12,23H,3,8-9H2,1-2H3,(H,26,27). The van der Waals surface area contributed by atoms with Gasteiger partial charge in [0, 0.05) is 35.1 Å². The minimum atomic E-state index is -0.863. The minimum Gasteiger partial charge on any atom is -0.481 e. The number of aryl methyl sites for hydroxylation is 1. The molecule has 0 fully saturated rings. The predicted octanol–water partition coefficient (Wildman–Crippen LogP) is 4.20. The van der Waals surface area contributed by atoms with Crippen LogP contribution in [0.3, 0.4) is 0 Å². The summed E-state index contributed by atoms with van der Waals surface area (Å²) in [5.74, 6) is -0.232. The van der Waals surface area contributed by atoms with Gasteiger partial charge in [-0.2, -0.15) is 0 Å². The van der Waals surface area contributed by atoms with Gasteiger partial charge in [-0.15, -0.1) is 0 Å². The normalized spacial score (nSPS) is 12.1. The van der Waals surface area contributed by atoms with Crippen molar-refractivity contribution in [3.05, 3.63) is 53.4 Å². The summed E-state index contributed by atoms with van der Waals surface area (Å²) in [6, 6.07) is 13.7. The van der Waals surface area contributed by atoms with Gasteiger partial charge in [0.05, 0.1) is 18.3 Å². The molecule has 28 heavy (non-hydrogen) atoms. The number of hydrogen-bond donors (Lipinski definition) is 2. The van der Waals surface area contributed by atoms with E-state index in [0.29, 0.717) is 16.7 Å². The number of carbonyl (C=O) groups is 1. The van der Waals surface area contributed by atoms with Crippen molar-refractivity contribution in [2.24, 2.45) is 4.99 Å². The predicted molar refractivity (Wildman–Crippen MR) is 110 cm³/mol. The van der Waals surface area contributed by atoms with Crippen LogP contribution in [0.2, 0.25) is 0 Å². The van der Waals surface area contributed by atoms with Crippen molar-refractivity contribution in [1.29, 1.82) is 0 Å². The molecule has 2 aliphatic rings. The molecule has 0 atom stereocenters. The van der Waals surface area contributed by atoms with Gasteiger partial charge < -0.3 is 14.8 Å². The highest BCUT2D eigenvalue weighted by Crippen LogP contribution is 2.32. The Hall–Kier alpha value is -3.41. The molecule has 0 saturated heterocycles. The van der Waals surface area contributed by atoms with Crippen LogP contribution in [-0.2, 0) is 4.79 Å². The first-order valence-corrected chi connectivity index (χ1v) is 9.30. The highest BCUT2D eigenvalue weighted by molar-refractivity contribution is 5.96. The summed E-state index contributed by atoms with van der Waals surface area (Å²) in [6.07, 6.45) is -0.00913. The van der Waals surface area contributed by atoms with Gasteiger partial charge in [0.2, 0.25) is 0 Å². The van der Waals surface area contributed by atoms with Crippen molar-refractivity contribution in [3.8, 4) is 11.5 Å². The lowest BCUT2D eigenvalue weighted by atomic mass is 10.0. The molecule has 142 valence electrons. The number of anilines is 1. The highest BCUT2D eigenvalue weighted by Gasteiger charge is 2.15. The van der Waals surface area contributed by atoms with Crippen LogP contribution in [0.4, 0.5) is 5.69 Å². The van der Waals surface area contributed by atoms with Crippen molar-refractivity contribution in [2.75, 3.05) is 18.4 Å². The van der Waals surface area contributed by atoms with E-state index in [9.17, 15) is 4.79 Å². The van der Waals surface area contributed by atoms with Crippen molar-refractivity contribution in [2.45, 2.75) is 20.3 Å². The molecule has 6 heteroatoms. The number of aromatic nitrogens is 1. The Morgan fingerprint density at radius 2 is 2.00 bits per heavy atom. The number of hydrogen-bond acceptors (Lipinski definition) is 5. The lowest BCUT2D eigenvalue weighted by Crippen LogP contribution is -2.09. The molecule has 0 saturated carbocycles. The molecule has 2 aromatic carbocycles. The zero-order valence-corrected chi connectivity index (χ0v) is 15.8. The van der Waals surface area contributed by atoms with E-state index in [1.807, 2.05) is 49.4 Å². The largest absolute Gasteiger partial charge is 0.481 e. The van der Waals surface area contributed by atoms with E-state index in [2.05, 4.69) is 17.2 Å². The lowest BCUT2D eigenvalue weighted by molar-refractivity contribution is -0.136. The Morgan fingerprint density at radius 1 is 1.21 bits per heavy atom. The van der Waals surface area contributed by atoms with Crippen molar-refractivity contribution < 1.29 is 14.3 Å². The van der Waals surface area contributed by atoms with Crippen LogP contribution in [-0.4, -0.2) is 29.1 Å². The number of carboxylic acids is 1. The van der Waals surface area contributed by atoms with E-state index >= 15 is 0 Å². The number of carboxylic acid groups (broad SMARTS) is 1. The monoisotopic (exact) mass is 375 g/mol. The highest BCUT2D eigenvalue weighted by atomic mass is 16.4. The van der Waals surface area contributed by atoms with Gasteiger partial charge in [-0.3, -0.25) is 9.79 Å². The van der Waals surface area contributed by atoms with Crippen LogP contribution in [0.5, 0.6) is 0 Å². The quantitative estimate of drug-likeness (QED) is 0.403. The van der Waals surface area contributed by atoms with Crippen LogP contribution in [0.1, 0.15) is 18.9 Å². The average molecular weight is 375 g/mol. The molecule has 4 rings (SSSR count). The second kappa shape index (κ2) is 7.31. The van der Waals surface area contributed by atoms with Crippen molar-refractivity contribution >= 4 is 33.5 Å². The molecule has 0 spiro atoms. The summed E-state index contributed by atoms with van der Waals surface area (Å²) in [4.78, 5) is 20.2. The van der Waals surface area contributed by atoms with E-state index in [1.165, 1.54) is 0 Å². The second-order valence-electron chi connectivity index (χ2n) is 6.69. The summed E-state index contributed by atoms with van der Waals surface area (Å²) in [5, 5.41) is 14.8. The number of nitrogens with one attached hydrogen (secondary N) is 1.